The molecule has 0 aliphatic heterocycles. The lowest BCUT2D eigenvalue weighted by atomic mass is 10.2. The molecule has 2 rings (SSSR count). The highest BCUT2D eigenvalue weighted by Crippen LogP contribution is 2.26. The average Bonchev–Trinajstić information content (AvgIpc) is 2.78. The van der Waals surface area contributed by atoms with Gasteiger partial charge in [-0.2, -0.15) is 5.10 Å². The first-order chi connectivity index (χ1) is 9.56. The Morgan fingerprint density at radius 1 is 1.35 bits per heavy atom. The lowest BCUT2D eigenvalue weighted by Crippen LogP contribution is -2.19. The first kappa shape index (κ1) is 15.0. The Labute approximate surface area is 124 Å². The summed E-state index contributed by atoms with van der Waals surface area (Å²) in [6.07, 6.45) is 3.49. The molecule has 0 spiro atoms. The van der Waals surface area contributed by atoms with Gasteiger partial charge in [-0.1, -0.05) is 19.9 Å². The highest BCUT2D eigenvalue weighted by Gasteiger charge is 2.08. The van der Waals surface area contributed by atoms with E-state index in [0.29, 0.717) is 5.92 Å². The number of nitrogens with zero attached hydrogens (tertiary/aromatic N) is 4. The molecule has 0 saturated carbocycles. The molecule has 0 saturated heterocycles. The van der Waals surface area contributed by atoms with Crippen LogP contribution in [0, 0.1) is 12.8 Å². The van der Waals surface area contributed by atoms with Crippen molar-refractivity contribution in [2.75, 3.05) is 6.54 Å². The van der Waals surface area contributed by atoms with Gasteiger partial charge in [0.2, 0.25) is 0 Å². The zero-order valence-corrected chi connectivity index (χ0v) is 13.2. The van der Waals surface area contributed by atoms with Crippen LogP contribution < -0.4 is 5.32 Å². The van der Waals surface area contributed by atoms with Crippen LogP contribution >= 0.6 is 11.8 Å². The van der Waals surface area contributed by atoms with E-state index in [0.717, 1.165) is 23.3 Å². The second kappa shape index (κ2) is 6.85. The van der Waals surface area contributed by atoms with Gasteiger partial charge in [0.05, 0.1) is 0 Å². The van der Waals surface area contributed by atoms with Crippen LogP contribution in [0.15, 0.2) is 28.8 Å². The molecule has 0 amide bonds. The summed E-state index contributed by atoms with van der Waals surface area (Å²) in [5.74, 6) is 0.662. The summed E-state index contributed by atoms with van der Waals surface area (Å²) in [5.41, 5.74) is 2.38. The van der Waals surface area contributed by atoms with E-state index in [-0.39, 0.29) is 0 Å². The minimum Gasteiger partial charge on any atom is -0.312 e. The summed E-state index contributed by atoms with van der Waals surface area (Å²) in [7, 11) is 1.88. The van der Waals surface area contributed by atoms with Crippen LogP contribution in [0.5, 0.6) is 0 Å². The summed E-state index contributed by atoms with van der Waals surface area (Å²) >= 11 is 1.54. The first-order valence-electron chi connectivity index (χ1n) is 6.74. The topological polar surface area (TPSA) is 55.6 Å². The predicted octanol–water partition coefficient (Wildman–Crippen LogP) is 2.42. The molecule has 0 radical (unpaired) electrons. The molecular formula is C14H21N5S. The third-order valence-electron chi connectivity index (χ3n) is 2.83. The smallest absolute Gasteiger partial charge is 0.192 e. The molecule has 0 fully saturated rings. The van der Waals surface area contributed by atoms with E-state index in [2.05, 4.69) is 47.2 Å². The van der Waals surface area contributed by atoms with Crippen LogP contribution in [0.2, 0.25) is 0 Å². The minimum atomic E-state index is 0.662. The second-order valence-corrected chi connectivity index (χ2v) is 6.21. The van der Waals surface area contributed by atoms with Crippen LogP contribution in [-0.2, 0) is 13.6 Å². The van der Waals surface area contributed by atoms with Gasteiger partial charge in [0.1, 0.15) is 11.4 Å². The highest BCUT2D eigenvalue weighted by atomic mass is 32.2. The minimum absolute atomic E-state index is 0.662. The number of aryl methyl sites for hydroxylation is 2. The maximum absolute atomic E-state index is 4.53. The van der Waals surface area contributed by atoms with E-state index in [1.807, 2.05) is 13.2 Å². The van der Waals surface area contributed by atoms with E-state index in [1.165, 1.54) is 11.1 Å². The summed E-state index contributed by atoms with van der Waals surface area (Å²) in [6.45, 7) is 8.38. The zero-order valence-electron chi connectivity index (χ0n) is 12.4. The fraction of sp³-hybridized carbons (Fsp3) is 0.500. The van der Waals surface area contributed by atoms with Crippen LogP contribution in [-0.4, -0.2) is 26.3 Å². The van der Waals surface area contributed by atoms with Gasteiger partial charge in [-0.05, 0) is 42.3 Å². The third kappa shape index (κ3) is 4.05. The molecule has 2 heterocycles. The van der Waals surface area contributed by atoms with Crippen molar-refractivity contribution in [2.45, 2.75) is 37.5 Å². The number of rotatable bonds is 6. The normalized spacial score (nSPS) is 11.2. The molecule has 0 aromatic carbocycles. The quantitative estimate of drug-likeness (QED) is 0.886. The van der Waals surface area contributed by atoms with Gasteiger partial charge >= 0.3 is 0 Å². The van der Waals surface area contributed by atoms with Crippen molar-refractivity contribution in [1.82, 2.24) is 25.1 Å². The SMILES string of the molecule is Cc1cc(CNCC(C)C)cnc1Sc1ncnn1C. The van der Waals surface area contributed by atoms with Gasteiger partial charge in [0.15, 0.2) is 5.16 Å². The van der Waals surface area contributed by atoms with Crippen molar-refractivity contribution in [3.63, 3.8) is 0 Å². The first-order valence-corrected chi connectivity index (χ1v) is 7.56. The molecule has 0 atom stereocenters. The van der Waals surface area contributed by atoms with Gasteiger partial charge in [0, 0.05) is 19.8 Å². The van der Waals surface area contributed by atoms with Gasteiger partial charge in [0.25, 0.3) is 0 Å². The average molecular weight is 291 g/mol. The van der Waals surface area contributed by atoms with Gasteiger partial charge < -0.3 is 5.32 Å². The highest BCUT2D eigenvalue weighted by molar-refractivity contribution is 7.99. The molecule has 0 unspecified atom stereocenters. The van der Waals surface area contributed by atoms with Crippen molar-refractivity contribution in [2.24, 2.45) is 13.0 Å². The number of hydrogen-bond donors (Lipinski definition) is 1. The number of aromatic nitrogens is 4. The van der Waals surface area contributed by atoms with Crippen LogP contribution in [0.4, 0.5) is 0 Å². The van der Waals surface area contributed by atoms with E-state index in [1.54, 1.807) is 22.8 Å². The van der Waals surface area contributed by atoms with Crippen LogP contribution in [0.25, 0.3) is 0 Å². The Balaban J connectivity index is 2.01. The van der Waals surface area contributed by atoms with E-state index in [4.69, 9.17) is 0 Å². The molecule has 2 aromatic rings. The Morgan fingerprint density at radius 3 is 2.75 bits per heavy atom. The lowest BCUT2D eigenvalue weighted by molar-refractivity contribution is 0.551. The molecule has 2 aromatic heterocycles. The fourth-order valence-electron chi connectivity index (χ4n) is 1.79. The van der Waals surface area contributed by atoms with Crippen molar-refractivity contribution >= 4 is 11.8 Å². The lowest BCUT2D eigenvalue weighted by Gasteiger charge is -2.09. The standard InChI is InChI=1S/C14H21N5S/c1-10(2)6-15-7-12-5-11(3)13(16-8-12)20-14-17-9-18-19(14)4/h5,8-10,15H,6-7H2,1-4H3. The van der Waals surface area contributed by atoms with E-state index < -0.39 is 0 Å². The monoisotopic (exact) mass is 291 g/mol. The summed E-state index contributed by atoms with van der Waals surface area (Å²) < 4.78 is 1.75. The Hall–Kier alpha value is -1.40. The van der Waals surface area contributed by atoms with Gasteiger partial charge in [-0.3, -0.25) is 0 Å². The Bertz CT molecular complexity index is 564. The molecule has 108 valence electrons. The molecule has 0 aliphatic rings. The Kier molecular flexibility index (Phi) is 5.14. The molecule has 0 bridgehead atoms. The largest absolute Gasteiger partial charge is 0.312 e. The van der Waals surface area contributed by atoms with Crippen molar-refractivity contribution < 1.29 is 0 Å². The molecule has 6 heteroatoms. The van der Waals surface area contributed by atoms with Crippen LogP contribution in [0.1, 0.15) is 25.0 Å². The number of hydrogen-bond acceptors (Lipinski definition) is 5. The molecule has 0 aliphatic carbocycles. The van der Waals surface area contributed by atoms with Crippen LogP contribution in [0.3, 0.4) is 0 Å². The molecular weight excluding hydrogens is 270 g/mol. The summed E-state index contributed by atoms with van der Waals surface area (Å²) in [6, 6.07) is 2.18. The predicted molar refractivity (Wildman–Crippen MR) is 80.6 cm³/mol. The van der Waals surface area contributed by atoms with Gasteiger partial charge in [-0.25, -0.2) is 14.6 Å². The number of nitrogens with one attached hydrogen (secondary N) is 1. The zero-order chi connectivity index (χ0) is 14.5. The second-order valence-electron chi connectivity index (χ2n) is 5.26. The molecule has 1 N–H and O–H groups in total. The summed E-state index contributed by atoms with van der Waals surface area (Å²) in [4.78, 5) is 8.74. The fourth-order valence-corrected chi connectivity index (χ4v) is 2.57. The van der Waals surface area contributed by atoms with Crippen molar-refractivity contribution in [1.29, 1.82) is 0 Å². The number of pyridine rings is 1. The maximum atomic E-state index is 4.53. The van der Waals surface area contributed by atoms with E-state index >= 15 is 0 Å². The van der Waals surface area contributed by atoms with Crippen molar-refractivity contribution in [3.8, 4) is 0 Å². The Morgan fingerprint density at radius 2 is 2.15 bits per heavy atom. The summed E-state index contributed by atoms with van der Waals surface area (Å²) in [5, 5.41) is 9.33. The van der Waals surface area contributed by atoms with E-state index in [9.17, 15) is 0 Å². The third-order valence-corrected chi connectivity index (χ3v) is 4.00. The molecule has 20 heavy (non-hydrogen) atoms. The molecule has 5 nitrogen and oxygen atoms in total. The van der Waals surface area contributed by atoms with Gasteiger partial charge in [-0.15, -0.1) is 0 Å². The van der Waals surface area contributed by atoms with Crippen molar-refractivity contribution in [3.05, 3.63) is 29.7 Å². The maximum Gasteiger partial charge on any atom is 0.192 e.